The van der Waals surface area contributed by atoms with Crippen LogP contribution in [-0.2, 0) is 19.1 Å². The minimum atomic E-state index is -1.01. The number of nitrogens with zero attached hydrogens (tertiary/aromatic N) is 2. The van der Waals surface area contributed by atoms with Crippen LogP contribution in [0.2, 0.25) is 0 Å². The Labute approximate surface area is 169 Å². The van der Waals surface area contributed by atoms with E-state index < -0.39 is 24.0 Å². The first-order chi connectivity index (χ1) is 14.0. The van der Waals surface area contributed by atoms with Crippen molar-refractivity contribution in [1.29, 1.82) is 0 Å². The summed E-state index contributed by atoms with van der Waals surface area (Å²) < 4.78 is 5.29. The Morgan fingerprint density at radius 3 is 2.45 bits per heavy atom. The maximum absolute atomic E-state index is 12.4. The lowest BCUT2D eigenvalue weighted by Gasteiger charge is -2.30. The van der Waals surface area contributed by atoms with Crippen molar-refractivity contribution in [2.45, 2.75) is 25.9 Å². The van der Waals surface area contributed by atoms with Crippen LogP contribution >= 0.6 is 0 Å². The molecule has 1 N–H and O–H groups in total. The summed E-state index contributed by atoms with van der Waals surface area (Å²) in [6, 6.07) is 9.10. The number of carbonyl (C=O) groups excluding carboxylic acids is 4. The molecule has 1 atom stereocenters. The SMILES string of the molecule is C[C@H](OC(=O)C1CCN(C(=O)/C=C/c2ccccc2)CC1)C(=O)N1CCNC1=O. The van der Waals surface area contributed by atoms with Gasteiger partial charge in [-0.1, -0.05) is 30.3 Å². The normalized spacial score (nSPS) is 18.6. The van der Waals surface area contributed by atoms with E-state index in [4.69, 9.17) is 4.74 Å². The van der Waals surface area contributed by atoms with Gasteiger partial charge in [0, 0.05) is 32.3 Å². The van der Waals surface area contributed by atoms with E-state index in [2.05, 4.69) is 5.32 Å². The second kappa shape index (κ2) is 9.36. The molecule has 0 spiro atoms. The zero-order valence-corrected chi connectivity index (χ0v) is 16.4. The molecule has 2 heterocycles. The molecule has 8 nitrogen and oxygen atoms in total. The first-order valence-electron chi connectivity index (χ1n) is 9.77. The summed E-state index contributed by atoms with van der Waals surface area (Å²) in [5.74, 6) is -1.44. The Balaban J connectivity index is 1.45. The van der Waals surface area contributed by atoms with Crippen LogP contribution < -0.4 is 5.32 Å². The summed E-state index contributed by atoms with van der Waals surface area (Å²) in [6.45, 7) is 3.05. The maximum atomic E-state index is 12.4. The van der Waals surface area contributed by atoms with Crippen molar-refractivity contribution in [1.82, 2.24) is 15.1 Å². The monoisotopic (exact) mass is 399 g/mol. The third kappa shape index (κ3) is 5.22. The van der Waals surface area contributed by atoms with Crippen LogP contribution in [0.4, 0.5) is 4.79 Å². The lowest BCUT2D eigenvalue weighted by Crippen LogP contribution is -2.44. The summed E-state index contributed by atoms with van der Waals surface area (Å²) in [4.78, 5) is 51.3. The number of nitrogens with one attached hydrogen (secondary N) is 1. The molecular formula is C21H25N3O5. The first kappa shape index (κ1) is 20.6. The molecule has 8 heteroatoms. The first-order valence-corrected chi connectivity index (χ1v) is 9.77. The highest BCUT2D eigenvalue weighted by atomic mass is 16.5. The van der Waals surface area contributed by atoms with Crippen molar-refractivity contribution < 1.29 is 23.9 Å². The number of hydrogen-bond donors (Lipinski definition) is 1. The summed E-state index contributed by atoms with van der Waals surface area (Å²) in [6.07, 6.45) is 3.25. The fraction of sp³-hybridized carbons (Fsp3) is 0.429. The lowest BCUT2D eigenvalue weighted by atomic mass is 9.97. The van der Waals surface area contributed by atoms with Crippen molar-refractivity contribution in [2.24, 2.45) is 5.92 Å². The van der Waals surface area contributed by atoms with Gasteiger partial charge in [0.25, 0.3) is 5.91 Å². The van der Waals surface area contributed by atoms with E-state index in [0.29, 0.717) is 32.5 Å². The van der Waals surface area contributed by atoms with Crippen LogP contribution in [0.3, 0.4) is 0 Å². The third-order valence-corrected chi connectivity index (χ3v) is 5.12. The number of piperidine rings is 1. The molecule has 154 valence electrons. The van der Waals surface area contributed by atoms with Gasteiger partial charge in [-0.3, -0.25) is 19.3 Å². The van der Waals surface area contributed by atoms with Crippen molar-refractivity contribution in [3.05, 3.63) is 42.0 Å². The molecule has 1 aromatic rings. The van der Waals surface area contributed by atoms with Gasteiger partial charge in [0.2, 0.25) is 5.91 Å². The fourth-order valence-electron chi connectivity index (χ4n) is 3.39. The third-order valence-electron chi connectivity index (χ3n) is 5.12. The van der Waals surface area contributed by atoms with Gasteiger partial charge in [0.05, 0.1) is 5.92 Å². The van der Waals surface area contributed by atoms with E-state index in [9.17, 15) is 19.2 Å². The smallest absolute Gasteiger partial charge is 0.324 e. The largest absolute Gasteiger partial charge is 0.452 e. The number of urea groups is 1. The molecule has 2 aliphatic rings. The quantitative estimate of drug-likeness (QED) is 0.597. The van der Waals surface area contributed by atoms with Crippen molar-refractivity contribution in [3.63, 3.8) is 0 Å². The van der Waals surface area contributed by atoms with Gasteiger partial charge in [-0.25, -0.2) is 4.79 Å². The van der Waals surface area contributed by atoms with E-state index in [1.54, 1.807) is 11.0 Å². The molecule has 0 bridgehead atoms. The Bertz CT molecular complexity index is 800. The zero-order valence-electron chi connectivity index (χ0n) is 16.4. The fourth-order valence-corrected chi connectivity index (χ4v) is 3.39. The highest BCUT2D eigenvalue weighted by Gasteiger charge is 2.34. The van der Waals surface area contributed by atoms with E-state index in [1.165, 1.54) is 13.0 Å². The summed E-state index contributed by atoms with van der Waals surface area (Å²) >= 11 is 0. The number of carbonyl (C=O) groups is 4. The van der Waals surface area contributed by atoms with Crippen LogP contribution in [0, 0.1) is 5.92 Å². The highest BCUT2D eigenvalue weighted by Crippen LogP contribution is 2.20. The van der Waals surface area contributed by atoms with Gasteiger partial charge in [0.15, 0.2) is 6.10 Å². The van der Waals surface area contributed by atoms with Crippen molar-refractivity contribution in [3.8, 4) is 0 Å². The molecule has 3 rings (SSSR count). The number of hydrogen-bond acceptors (Lipinski definition) is 5. The molecule has 0 saturated carbocycles. The van der Waals surface area contributed by atoms with Crippen molar-refractivity contribution >= 4 is 29.9 Å². The van der Waals surface area contributed by atoms with Crippen LogP contribution in [0.1, 0.15) is 25.3 Å². The van der Waals surface area contributed by atoms with E-state index >= 15 is 0 Å². The van der Waals surface area contributed by atoms with Crippen molar-refractivity contribution in [2.75, 3.05) is 26.2 Å². The van der Waals surface area contributed by atoms with Gasteiger partial charge in [-0.2, -0.15) is 0 Å². The molecular weight excluding hydrogens is 374 g/mol. The van der Waals surface area contributed by atoms with Crippen LogP contribution in [-0.4, -0.2) is 65.9 Å². The molecule has 4 amide bonds. The molecule has 0 aromatic heterocycles. The van der Waals surface area contributed by atoms with Gasteiger partial charge in [-0.15, -0.1) is 0 Å². The zero-order chi connectivity index (χ0) is 20.8. The number of rotatable bonds is 5. The molecule has 29 heavy (non-hydrogen) atoms. The summed E-state index contributed by atoms with van der Waals surface area (Å²) in [7, 11) is 0. The predicted octanol–water partition coefficient (Wildman–Crippen LogP) is 1.42. The second-order valence-electron chi connectivity index (χ2n) is 7.14. The van der Waals surface area contributed by atoms with Gasteiger partial charge in [-0.05, 0) is 31.4 Å². The average Bonchev–Trinajstić information content (AvgIpc) is 3.18. The van der Waals surface area contributed by atoms with Gasteiger partial charge >= 0.3 is 12.0 Å². The van der Waals surface area contributed by atoms with Crippen LogP contribution in [0.25, 0.3) is 6.08 Å². The minimum Gasteiger partial charge on any atom is -0.452 e. The van der Waals surface area contributed by atoms with E-state index in [-0.39, 0.29) is 18.4 Å². The molecule has 0 unspecified atom stereocenters. The topological polar surface area (TPSA) is 96.0 Å². The molecule has 2 saturated heterocycles. The average molecular weight is 399 g/mol. The van der Waals surface area contributed by atoms with Crippen LogP contribution in [0.15, 0.2) is 36.4 Å². The van der Waals surface area contributed by atoms with E-state index in [0.717, 1.165) is 10.5 Å². The van der Waals surface area contributed by atoms with Crippen LogP contribution in [0.5, 0.6) is 0 Å². The Hall–Kier alpha value is -3.16. The Kier molecular flexibility index (Phi) is 6.64. The Morgan fingerprint density at radius 2 is 1.83 bits per heavy atom. The number of esters is 1. The molecule has 1 aromatic carbocycles. The standard InChI is InChI=1S/C21H25N3O5/c1-15(19(26)24-14-11-22-21(24)28)29-20(27)17-9-12-23(13-10-17)18(25)8-7-16-5-3-2-4-6-16/h2-8,15,17H,9-14H2,1H3,(H,22,28)/b8-7+/t15-/m0/s1. The lowest BCUT2D eigenvalue weighted by molar-refractivity contribution is -0.162. The molecule has 2 fully saturated rings. The highest BCUT2D eigenvalue weighted by molar-refractivity contribution is 5.98. The Morgan fingerprint density at radius 1 is 1.14 bits per heavy atom. The maximum Gasteiger partial charge on any atom is 0.324 e. The number of likely N-dealkylation sites (tertiary alicyclic amines) is 1. The number of amides is 4. The number of imide groups is 1. The molecule has 0 radical (unpaired) electrons. The van der Waals surface area contributed by atoms with E-state index in [1.807, 2.05) is 30.3 Å². The molecule has 0 aliphatic carbocycles. The number of ether oxygens (including phenoxy) is 1. The second-order valence-corrected chi connectivity index (χ2v) is 7.14. The predicted molar refractivity (Wildman–Crippen MR) is 105 cm³/mol. The van der Waals surface area contributed by atoms with Gasteiger partial charge in [0.1, 0.15) is 0 Å². The number of benzene rings is 1. The van der Waals surface area contributed by atoms with Gasteiger partial charge < -0.3 is 15.0 Å². The summed E-state index contributed by atoms with van der Waals surface area (Å²) in [5, 5.41) is 2.54. The minimum absolute atomic E-state index is 0.0933. The molecule has 2 aliphatic heterocycles. The summed E-state index contributed by atoms with van der Waals surface area (Å²) in [5.41, 5.74) is 0.949.